The Kier molecular flexibility index (Phi) is 6.14. The van der Waals surface area contributed by atoms with Crippen LogP contribution in [0.2, 0.25) is 0 Å². The van der Waals surface area contributed by atoms with Gasteiger partial charge in [-0.15, -0.1) is 0 Å². The molecule has 0 unspecified atom stereocenters. The SMILES string of the molecule is COc1ccc2nc(N3C(=O)C(=O)C(=C(O)c4ccc5c(c4)C[C@H](C)O5)[C@H]3c3ccc(C(C)C)cc3)sc2c1. The Balaban J connectivity index is 1.52. The van der Waals surface area contributed by atoms with Crippen LogP contribution in [0.3, 0.4) is 0 Å². The monoisotopic (exact) mass is 540 g/mol. The number of hydrogen-bond acceptors (Lipinski definition) is 7. The van der Waals surface area contributed by atoms with Gasteiger partial charge in [-0.2, -0.15) is 0 Å². The number of carbonyl (C=O) groups excluding carboxylic acids is 2. The van der Waals surface area contributed by atoms with E-state index in [0.717, 1.165) is 27.1 Å². The molecule has 3 heterocycles. The molecule has 3 aromatic carbocycles. The average Bonchev–Trinajstić information content (AvgIpc) is 3.59. The molecule has 1 aromatic heterocycles. The molecule has 8 heteroatoms. The highest BCUT2D eigenvalue weighted by molar-refractivity contribution is 7.22. The van der Waals surface area contributed by atoms with Crippen molar-refractivity contribution in [2.45, 2.75) is 45.3 Å². The smallest absolute Gasteiger partial charge is 0.301 e. The highest BCUT2D eigenvalue weighted by atomic mass is 32.1. The van der Waals surface area contributed by atoms with E-state index >= 15 is 0 Å². The van der Waals surface area contributed by atoms with E-state index in [1.54, 1.807) is 25.3 Å². The van der Waals surface area contributed by atoms with Gasteiger partial charge in [-0.25, -0.2) is 4.98 Å². The third kappa shape index (κ3) is 4.25. The minimum atomic E-state index is -0.836. The van der Waals surface area contributed by atoms with Crippen molar-refractivity contribution in [2.24, 2.45) is 0 Å². The minimum absolute atomic E-state index is 0.0418. The van der Waals surface area contributed by atoms with Crippen molar-refractivity contribution >= 4 is 44.1 Å². The number of aliphatic hydroxyl groups excluding tert-OH is 1. The summed E-state index contributed by atoms with van der Waals surface area (Å²) in [7, 11) is 1.59. The summed E-state index contributed by atoms with van der Waals surface area (Å²) in [5.74, 6) is 0.0892. The van der Waals surface area contributed by atoms with Gasteiger partial charge < -0.3 is 14.6 Å². The lowest BCUT2D eigenvalue weighted by Crippen LogP contribution is -2.29. The molecule has 7 nitrogen and oxygen atoms in total. The number of ketones is 1. The van der Waals surface area contributed by atoms with Crippen LogP contribution in [0.1, 0.15) is 55.0 Å². The summed E-state index contributed by atoms with van der Waals surface area (Å²) in [5.41, 5.74) is 4.02. The van der Waals surface area contributed by atoms with Gasteiger partial charge in [0.2, 0.25) is 0 Å². The molecule has 39 heavy (non-hydrogen) atoms. The van der Waals surface area contributed by atoms with Crippen LogP contribution in [0.5, 0.6) is 11.5 Å². The first kappa shape index (κ1) is 25.1. The van der Waals surface area contributed by atoms with E-state index in [0.29, 0.717) is 34.3 Å². The third-order valence-corrected chi connectivity index (χ3v) is 8.34. The number of rotatable bonds is 5. The molecule has 1 N–H and O–H groups in total. The number of aromatic nitrogens is 1. The molecule has 6 rings (SSSR count). The van der Waals surface area contributed by atoms with Crippen LogP contribution in [-0.4, -0.2) is 35.0 Å². The summed E-state index contributed by atoms with van der Waals surface area (Å²) in [6, 6.07) is 17.8. The number of ether oxygens (including phenoxy) is 2. The van der Waals surface area contributed by atoms with E-state index in [9.17, 15) is 14.7 Å². The Morgan fingerprint density at radius 2 is 1.87 bits per heavy atom. The largest absolute Gasteiger partial charge is 0.507 e. The first-order chi connectivity index (χ1) is 18.7. The summed E-state index contributed by atoms with van der Waals surface area (Å²) in [6.07, 6.45) is 0.750. The van der Waals surface area contributed by atoms with Gasteiger partial charge in [0.1, 0.15) is 23.4 Å². The van der Waals surface area contributed by atoms with Crippen LogP contribution in [0.4, 0.5) is 5.13 Å². The Hall–Kier alpha value is -4.17. The summed E-state index contributed by atoms with van der Waals surface area (Å²) < 4.78 is 12.0. The molecular weight excluding hydrogens is 512 g/mol. The molecule has 4 aromatic rings. The lowest BCUT2D eigenvalue weighted by Gasteiger charge is -2.23. The number of amides is 1. The molecule has 2 aliphatic heterocycles. The minimum Gasteiger partial charge on any atom is -0.507 e. The summed E-state index contributed by atoms with van der Waals surface area (Å²) in [6.45, 7) is 6.20. The number of hydrogen-bond donors (Lipinski definition) is 1. The summed E-state index contributed by atoms with van der Waals surface area (Å²) in [5, 5.41) is 11.9. The molecule has 1 amide bonds. The quantitative estimate of drug-likeness (QED) is 0.180. The fourth-order valence-electron chi connectivity index (χ4n) is 5.26. The van der Waals surface area contributed by atoms with Gasteiger partial charge in [-0.1, -0.05) is 49.4 Å². The van der Waals surface area contributed by atoms with Gasteiger partial charge >= 0.3 is 5.91 Å². The van der Waals surface area contributed by atoms with Gasteiger partial charge in [0.15, 0.2) is 5.13 Å². The Bertz CT molecular complexity index is 1650. The topological polar surface area (TPSA) is 89.0 Å². The van der Waals surface area contributed by atoms with Crippen LogP contribution in [0, 0.1) is 0 Å². The summed E-state index contributed by atoms with van der Waals surface area (Å²) >= 11 is 1.30. The van der Waals surface area contributed by atoms with Gasteiger partial charge in [0.25, 0.3) is 5.78 Å². The maximum absolute atomic E-state index is 13.6. The van der Waals surface area contributed by atoms with Crippen molar-refractivity contribution in [2.75, 3.05) is 12.0 Å². The second-order valence-electron chi connectivity index (χ2n) is 10.3. The fraction of sp³-hybridized carbons (Fsp3) is 0.258. The lowest BCUT2D eigenvalue weighted by atomic mass is 9.93. The molecule has 1 fully saturated rings. The second kappa shape index (κ2) is 9.54. The standard InChI is InChI=1S/C31H28N2O5S/c1-16(2)18-5-7-19(8-6-18)27-26(28(34)20-9-12-24-21(14-20)13-17(3)38-24)29(35)30(36)33(27)31-32-23-11-10-22(37-4)15-25(23)39-31/h5-12,14-17,27,34H,13H2,1-4H3/t17-,27+/m0/s1. The number of nitrogens with zero attached hydrogens (tertiary/aromatic N) is 2. The van der Waals surface area contributed by atoms with E-state index in [2.05, 4.69) is 13.8 Å². The molecule has 2 aliphatic rings. The zero-order valence-corrected chi connectivity index (χ0v) is 22.9. The van der Waals surface area contributed by atoms with E-state index in [1.165, 1.54) is 16.2 Å². The third-order valence-electron chi connectivity index (χ3n) is 7.32. The normalized spacial score (nSPS) is 20.1. The number of aliphatic hydroxyl groups is 1. The molecule has 198 valence electrons. The maximum atomic E-state index is 13.6. The van der Waals surface area contributed by atoms with E-state index in [4.69, 9.17) is 14.5 Å². The second-order valence-corrected chi connectivity index (χ2v) is 11.3. The van der Waals surface area contributed by atoms with Gasteiger partial charge in [0, 0.05) is 12.0 Å². The molecule has 0 saturated carbocycles. The number of Topliss-reactive ketones (excluding diaryl/α,β-unsaturated/α-hetero) is 1. The van der Waals surface area contributed by atoms with Crippen molar-refractivity contribution in [3.05, 3.63) is 88.5 Å². The fourth-order valence-corrected chi connectivity index (χ4v) is 6.28. The predicted octanol–water partition coefficient (Wildman–Crippen LogP) is 6.38. The first-order valence-corrected chi connectivity index (χ1v) is 13.7. The van der Waals surface area contributed by atoms with Gasteiger partial charge in [0.05, 0.1) is 28.9 Å². The summed E-state index contributed by atoms with van der Waals surface area (Å²) in [4.78, 5) is 33.3. The number of methoxy groups -OCH3 is 1. The molecular formula is C31H28N2O5S. The van der Waals surface area contributed by atoms with Crippen molar-refractivity contribution in [3.8, 4) is 11.5 Å². The van der Waals surface area contributed by atoms with Crippen molar-refractivity contribution in [3.63, 3.8) is 0 Å². The molecule has 1 saturated heterocycles. The molecule has 0 bridgehead atoms. The van der Waals surface area contributed by atoms with Gasteiger partial charge in [-0.05, 0) is 65.9 Å². The van der Waals surface area contributed by atoms with Gasteiger partial charge in [-0.3, -0.25) is 14.5 Å². The number of benzene rings is 3. The number of carbonyl (C=O) groups is 2. The van der Waals surface area contributed by atoms with Crippen LogP contribution in [0.15, 0.2) is 66.2 Å². The number of fused-ring (bicyclic) bond motifs is 2. The molecule has 0 radical (unpaired) electrons. The highest BCUT2D eigenvalue weighted by Crippen LogP contribution is 2.45. The first-order valence-electron chi connectivity index (χ1n) is 12.9. The highest BCUT2D eigenvalue weighted by Gasteiger charge is 2.48. The van der Waals surface area contributed by atoms with Crippen molar-refractivity contribution in [1.29, 1.82) is 0 Å². The molecule has 2 atom stereocenters. The lowest BCUT2D eigenvalue weighted by molar-refractivity contribution is -0.132. The van der Waals surface area contributed by atoms with Crippen LogP contribution < -0.4 is 14.4 Å². The zero-order valence-electron chi connectivity index (χ0n) is 22.1. The Morgan fingerprint density at radius 3 is 2.59 bits per heavy atom. The molecule has 0 spiro atoms. The van der Waals surface area contributed by atoms with Crippen LogP contribution in [-0.2, 0) is 16.0 Å². The van der Waals surface area contributed by atoms with E-state index in [1.807, 2.05) is 49.4 Å². The van der Waals surface area contributed by atoms with Crippen LogP contribution in [0.25, 0.3) is 16.0 Å². The predicted molar refractivity (Wildman–Crippen MR) is 152 cm³/mol. The van der Waals surface area contributed by atoms with E-state index in [-0.39, 0.29) is 17.4 Å². The Labute approximate surface area is 230 Å². The van der Waals surface area contributed by atoms with Crippen molar-refractivity contribution < 1.29 is 24.2 Å². The average molecular weight is 541 g/mol. The number of thiazole rings is 1. The van der Waals surface area contributed by atoms with Crippen LogP contribution >= 0.6 is 11.3 Å². The van der Waals surface area contributed by atoms with Crippen molar-refractivity contribution in [1.82, 2.24) is 4.98 Å². The molecule has 0 aliphatic carbocycles. The Morgan fingerprint density at radius 1 is 1.10 bits per heavy atom. The van der Waals surface area contributed by atoms with E-state index < -0.39 is 17.7 Å². The zero-order chi connectivity index (χ0) is 27.4. The maximum Gasteiger partial charge on any atom is 0.301 e. The number of anilines is 1.